The van der Waals surface area contributed by atoms with Gasteiger partial charge in [0.25, 0.3) is 11.1 Å². The third-order valence-corrected chi connectivity index (χ3v) is 6.50. The largest absolute Gasteiger partial charge is 0.487 e. The summed E-state index contributed by atoms with van der Waals surface area (Å²) in [4.78, 5) is 16.4. The number of hydrogen-bond acceptors (Lipinski definition) is 6. The Bertz CT molecular complexity index is 1270. The minimum atomic E-state index is -0.255. The van der Waals surface area contributed by atoms with Gasteiger partial charge in [-0.25, -0.2) is 10.4 Å². The number of thioether (sulfide) groups is 1. The monoisotopic (exact) mass is 587 g/mol. The van der Waals surface area contributed by atoms with E-state index in [1.54, 1.807) is 6.21 Å². The quantitative estimate of drug-likeness (QED) is 0.145. The Balaban J connectivity index is 1.30. The van der Waals surface area contributed by atoms with Crippen LogP contribution in [-0.2, 0) is 11.4 Å². The first-order valence-electron chi connectivity index (χ1n) is 9.95. The van der Waals surface area contributed by atoms with Gasteiger partial charge in [0, 0.05) is 0 Å². The second-order valence-electron chi connectivity index (χ2n) is 7.12. The van der Waals surface area contributed by atoms with Crippen molar-refractivity contribution in [3.8, 4) is 5.75 Å². The van der Waals surface area contributed by atoms with Gasteiger partial charge in [-0.2, -0.15) is 5.10 Å². The molecule has 168 valence electrons. The molecule has 1 N–H and O–H groups in total. The van der Waals surface area contributed by atoms with Gasteiger partial charge in [0.15, 0.2) is 5.58 Å². The molecule has 0 spiro atoms. The van der Waals surface area contributed by atoms with Gasteiger partial charge in [0.05, 0.1) is 20.9 Å². The SMILES string of the molecule is Cc1cccc(COc2c(Br)cc(C=NNC(=O)CSc3nc4ccccc4o3)cc2Br)c1. The van der Waals surface area contributed by atoms with E-state index in [9.17, 15) is 4.79 Å². The zero-order valence-electron chi connectivity index (χ0n) is 17.5. The minimum absolute atomic E-state index is 0.142. The number of ether oxygens (including phenoxy) is 1. The molecule has 0 fully saturated rings. The molecule has 1 heterocycles. The topological polar surface area (TPSA) is 76.7 Å². The third kappa shape index (κ3) is 6.46. The van der Waals surface area contributed by atoms with E-state index in [-0.39, 0.29) is 11.7 Å². The number of benzene rings is 3. The van der Waals surface area contributed by atoms with Crippen molar-refractivity contribution in [1.29, 1.82) is 0 Å². The highest BCUT2D eigenvalue weighted by Crippen LogP contribution is 2.35. The summed E-state index contributed by atoms with van der Waals surface area (Å²) in [7, 11) is 0. The molecule has 3 aromatic carbocycles. The van der Waals surface area contributed by atoms with E-state index in [2.05, 4.69) is 66.4 Å². The number of aromatic nitrogens is 1. The smallest absolute Gasteiger partial charge is 0.257 e. The van der Waals surface area contributed by atoms with Crippen molar-refractivity contribution in [2.75, 3.05) is 5.75 Å². The summed E-state index contributed by atoms with van der Waals surface area (Å²) < 4.78 is 13.1. The molecule has 4 aromatic rings. The van der Waals surface area contributed by atoms with Crippen LogP contribution in [0.5, 0.6) is 5.75 Å². The van der Waals surface area contributed by atoms with Crippen molar-refractivity contribution in [3.63, 3.8) is 0 Å². The second kappa shape index (κ2) is 11.0. The number of para-hydroxylation sites is 2. The van der Waals surface area contributed by atoms with Crippen LogP contribution < -0.4 is 10.2 Å². The summed E-state index contributed by atoms with van der Waals surface area (Å²) >= 11 is 8.31. The number of amides is 1. The van der Waals surface area contributed by atoms with E-state index < -0.39 is 0 Å². The molecule has 33 heavy (non-hydrogen) atoms. The number of carbonyl (C=O) groups excluding carboxylic acids is 1. The van der Waals surface area contributed by atoms with Gasteiger partial charge < -0.3 is 9.15 Å². The number of halogens is 2. The number of fused-ring (bicyclic) bond motifs is 1. The van der Waals surface area contributed by atoms with Crippen molar-refractivity contribution in [1.82, 2.24) is 10.4 Å². The molecule has 0 saturated heterocycles. The number of hydrogen-bond donors (Lipinski definition) is 1. The Morgan fingerprint density at radius 1 is 1.15 bits per heavy atom. The molecule has 0 saturated carbocycles. The van der Waals surface area contributed by atoms with Crippen molar-refractivity contribution in [3.05, 3.63) is 86.3 Å². The van der Waals surface area contributed by atoms with Crippen LogP contribution >= 0.6 is 43.6 Å². The van der Waals surface area contributed by atoms with Crippen molar-refractivity contribution >= 4 is 66.8 Å². The predicted molar refractivity (Wildman–Crippen MR) is 138 cm³/mol. The maximum atomic E-state index is 12.1. The van der Waals surface area contributed by atoms with E-state index in [0.29, 0.717) is 23.2 Å². The van der Waals surface area contributed by atoms with Crippen LogP contribution in [0.25, 0.3) is 11.1 Å². The van der Waals surface area contributed by atoms with Crippen LogP contribution in [0.4, 0.5) is 0 Å². The van der Waals surface area contributed by atoms with Crippen LogP contribution in [0.3, 0.4) is 0 Å². The van der Waals surface area contributed by atoms with E-state index >= 15 is 0 Å². The molecule has 6 nitrogen and oxygen atoms in total. The molecule has 0 aliphatic carbocycles. The Morgan fingerprint density at radius 2 is 1.94 bits per heavy atom. The molecule has 0 aliphatic heterocycles. The summed E-state index contributed by atoms with van der Waals surface area (Å²) in [6.45, 7) is 2.51. The van der Waals surface area contributed by atoms with Crippen LogP contribution in [0.1, 0.15) is 16.7 Å². The van der Waals surface area contributed by atoms with Gasteiger partial charge in [-0.1, -0.05) is 53.7 Å². The highest BCUT2D eigenvalue weighted by atomic mass is 79.9. The van der Waals surface area contributed by atoms with Gasteiger partial charge in [-0.3, -0.25) is 4.79 Å². The van der Waals surface area contributed by atoms with E-state index in [4.69, 9.17) is 9.15 Å². The molecule has 1 aromatic heterocycles. The van der Waals surface area contributed by atoms with Gasteiger partial charge in [0.1, 0.15) is 17.9 Å². The second-order valence-corrected chi connectivity index (χ2v) is 9.76. The first-order chi connectivity index (χ1) is 16.0. The zero-order valence-corrected chi connectivity index (χ0v) is 21.5. The average molecular weight is 589 g/mol. The lowest BCUT2D eigenvalue weighted by Gasteiger charge is -2.11. The number of nitrogens with zero attached hydrogens (tertiary/aromatic N) is 2. The van der Waals surface area contributed by atoms with Crippen LogP contribution in [-0.4, -0.2) is 22.9 Å². The van der Waals surface area contributed by atoms with E-state index in [1.807, 2.05) is 48.5 Å². The fraction of sp³-hybridized carbons (Fsp3) is 0.125. The van der Waals surface area contributed by atoms with Gasteiger partial charge in [-0.15, -0.1) is 0 Å². The highest BCUT2D eigenvalue weighted by molar-refractivity contribution is 9.11. The molecule has 0 unspecified atom stereocenters. The predicted octanol–water partition coefficient (Wildman–Crippen LogP) is 6.48. The highest BCUT2D eigenvalue weighted by Gasteiger charge is 2.10. The van der Waals surface area contributed by atoms with Gasteiger partial charge >= 0.3 is 0 Å². The first kappa shape index (κ1) is 23.5. The van der Waals surface area contributed by atoms with Crippen molar-refractivity contribution in [2.45, 2.75) is 18.8 Å². The Labute approximate surface area is 212 Å². The normalized spacial score (nSPS) is 11.2. The summed E-state index contributed by atoms with van der Waals surface area (Å²) in [5.41, 5.74) is 7.06. The van der Waals surface area contributed by atoms with Gasteiger partial charge in [0.2, 0.25) is 0 Å². The van der Waals surface area contributed by atoms with Crippen LogP contribution in [0.2, 0.25) is 0 Å². The number of nitrogens with one attached hydrogen (secondary N) is 1. The van der Waals surface area contributed by atoms with Gasteiger partial charge in [-0.05, 0) is 74.2 Å². The lowest BCUT2D eigenvalue weighted by molar-refractivity contribution is -0.118. The molecule has 1 amide bonds. The maximum absolute atomic E-state index is 12.1. The first-order valence-corrected chi connectivity index (χ1v) is 12.5. The lowest BCUT2D eigenvalue weighted by Crippen LogP contribution is -2.19. The molecule has 9 heteroatoms. The van der Waals surface area contributed by atoms with Crippen molar-refractivity contribution in [2.24, 2.45) is 5.10 Å². The Morgan fingerprint density at radius 3 is 2.70 bits per heavy atom. The number of carbonyl (C=O) groups is 1. The molecular weight excluding hydrogens is 570 g/mol. The molecule has 0 atom stereocenters. The summed E-state index contributed by atoms with van der Waals surface area (Å²) in [5, 5.41) is 4.49. The fourth-order valence-electron chi connectivity index (χ4n) is 3.00. The number of oxazole rings is 1. The zero-order chi connectivity index (χ0) is 23.2. The summed E-state index contributed by atoms with van der Waals surface area (Å²) in [5.74, 6) is 0.589. The molecule has 4 rings (SSSR count). The van der Waals surface area contributed by atoms with E-state index in [0.717, 1.165) is 25.6 Å². The van der Waals surface area contributed by atoms with Crippen molar-refractivity contribution < 1.29 is 13.9 Å². The molecular formula is C24H19Br2N3O3S. The number of rotatable bonds is 8. The Kier molecular flexibility index (Phi) is 7.85. The molecule has 0 radical (unpaired) electrons. The maximum Gasteiger partial charge on any atom is 0.257 e. The average Bonchev–Trinajstić information content (AvgIpc) is 3.20. The van der Waals surface area contributed by atoms with Crippen LogP contribution in [0, 0.1) is 6.92 Å². The van der Waals surface area contributed by atoms with Crippen LogP contribution in [0.15, 0.2) is 84.4 Å². The summed E-state index contributed by atoms with van der Waals surface area (Å²) in [6, 6.07) is 19.4. The summed E-state index contributed by atoms with van der Waals surface area (Å²) in [6.07, 6.45) is 1.57. The fourth-order valence-corrected chi connectivity index (χ4v) is 5.08. The Hall–Kier alpha value is -2.62. The lowest BCUT2D eigenvalue weighted by atomic mass is 10.1. The third-order valence-electron chi connectivity index (χ3n) is 4.49. The minimum Gasteiger partial charge on any atom is -0.487 e. The molecule has 0 aliphatic rings. The standard InChI is InChI=1S/C24H19Br2N3O3S/c1-15-5-4-6-16(9-15)13-31-23-18(25)10-17(11-19(23)26)12-27-29-22(30)14-33-24-28-20-7-2-3-8-21(20)32-24/h2-12H,13-14H2,1H3,(H,29,30). The number of hydrazone groups is 1. The number of aryl methyl sites for hydroxylation is 1. The molecule has 0 bridgehead atoms. The van der Waals surface area contributed by atoms with E-state index in [1.165, 1.54) is 17.3 Å².